The first kappa shape index (κ1) is 23.0. The first-order chi connectivity index (χ1) is 15.7. The largest absolute Gasteiger partial charge is 0.456 e. The fourth-order valence-corrected chi connectivity index (χ4v) is 4.01. The molecule has 4 aromatic rings. The first-order valence-electron chi connectivity index (χ1n) is 10.3. The van der Waals surface area contributed by atoms with Crippen molar-refractivity contribution in [2.24, 2.45) is 5.73 Å². The number of para-hydroxylation sites is 1. The van der Waals surface area contributed by atoms with Gasteiger partial charge in [-0.2, -0.15) is 13.2 Å². The van der Waals surface area contributed by atoms with Crippen LogP contribution in [0.15, 0.2) is 69.9 Å². The van der Waals surface area contributed by atoms with E-state index in [0.717, 1.165) is 6.07 Å². The van der Waals surface area contributed by atoms with Crippen molar-refractivity contribution in [1.29, 1.82) is 0 Å². The highest BCUT2D eigenvalue weighted by molar-refractivity contribution is 6.00. The Hall–Kier alpha value is -3.20. The van der Waals surface area contributed by atoms with Gasteiger partial charge in [0.2, 0.25) is 5.43 Å². The number of hydrogen-bond donors (Lipinski definition) is 3. The Balaban J connectivity index is 2.02. The molecule has 33 heavy (non-hydrogen) atoms. The minimum absolute atomic E-state index is 0.0383. The lowest BCUT2D eigenvalue weighted by Gasteiger charge is -2.26. The monoisotopic (exact) mass is 457 g/mol. The Morgan fingerprint density at radius 2 is 1.55 bits per heavy atom. The van der Waals surface area contributed by atoms with Crippen LogP contribution in [0.2, 0.25) is 0 Å². The molecule has 0 spiro atoms. The Morgan fingerprint density at radius 1 is 0.879 bits per heavy atom. The quantitative estimate of drug-likeness (QED) is 0.376. The van der Waals surface area contributed by atoms with E-state index >= 15 is 0 Å². The van der Waals surface area contributed by atoms with E-state index in [9.17, 15) is 28.2 Å². The third-order valence-corrected chi connectivity index (χ3v) is 5.85. The van der Waals surface area contributed by atoms with E-state index in [4.69, 9.17) is 10.2 Å². The molecule has 0 atom stereocenters. The van der Waals surface area contributed by atoms with E-state index < -0.39 is 35.9 Å². The number of halogens is 3. The van der Waals surface area contributed by atoms with Crippen LogP contribution >= 0.6 is 0 Å². The van der Waals surface area contributed by atoms with Gasteiger partial charge in [-0.15, -0.1) is 0 Å². The summed E-state index contributed by atoms with van der Waals surface area (Å²) >= 11 is 0. The lowest BCUT2D eigenvalue weighted by molar-refractivity contribution is -0.137. The zero-order valence-electron chi connectivity index (χ0n) is 17.5. The van der Waals surface area contributed by atoms with Crippen LogP contribution in [0.1, 0.15) is 17.5 Å². The summed E-state index contributed by atoms with van der Waals surface area (Å²) in [5, 5.41) is 19.3. The van der Waals surface area contributed by atoms with Crippen molar-refractivity contribution >= 4 is 21.9 Å². The highest BCUT2D eigenvalue weighted by atomic mass is 19.4. The Kier molecular flexibility index (Phi) is 6.00. The number of hydrogen-bond acceptors (Lipinski definition) is 5. The Bertz CT molecular complexity index is 1370. The van der Waals surface area contributed by atoms with E-state index in [-0.39, 0.29) is 40.3 Å². The van der Waals surface area contributed by atoms with E-state index in [1.807, 2.05) is 0 Å². The van der Waals surface area contributed by atoms with E-state index in [1.165, 1.54) is 18.2 Å². The van der Waals surface area contributed by atoms with Gasteiger partial charge in [-0.05, 0) is 53.8 Å². The Morgan fingerprint density at radius 3 is 2.24 bits per heavy atom. The molecule has 172 valence electrons. The molecular weight excluding hydrogens is 435 g/mol. The molecule has 1 aromatic heterocycles. The summed E-state index contributed by atoms with van der Waals surface area (Å²) in [7, 11) is 0. The van der Waals surface area contributed by atoms with Crippen LogP contribution in [-0.4, -0.2) is 29.0 Å². The summed E-state index contributed by atoms with van der Waals surface area (Å²) in [5.41, 5.74) is 4.05. The zero-order chi connectivity index (χ0) is 23.8. The van der Waals surface area contributed by atoms with Crippen LogP contribution in [0.3, 0.4) is 0 Å². The summed E-state index contributed by atoms with van der Waals surface area (Å²) in [6, 6.07) is 14.9. The highest BCUT2D eigenvalue weighted by Crippen LogP contribution is 2.41. The lowest BCUT2D eigenvalue weighted by atomic mass is 9.86. The molecule has 0 aliphatic heterocycles. The van der Waals surface area contributed by atoms with Gasteiger partial charge in [-0.3, -0.25) is 4.79 Å². The van der Waals surface area contributed by atoms with Gasteiger partial charge in [-0.25, -0.2) is 0 Å². The standard InChI is InChI=1S/C25H22F3NO4/c26-25(27,28)18-8-3-5-15(11-12-24(29,13-30)14-31)21(18)17-7-4-10-20-22(17)23(32)16-6-1-2-9-19(16)33-20/h1-10,30-31H,11-14,29H2. The summed E-state index contributed by atoms with van der Waals surface area (Å²) in [5.74, 6) is 0. The van der Waals surface area contributed by atoms with Crippen LogP contribution in [0.25, 0.3) is 33.1 Å². The number of fused-ring (bicyclic) bond motifs is 2. The molecule has 8 heteroatoms. The smallest absolute Gasteiger partial charge is 0.417 e. The van der Waals surface area contributed by atoms with Crippen molar-refractivity contribution < 1.29 is 27.8 Å². The predicted molar refractivity (Wildman–Crippen MR) is 120 cm³/mol. The molecule has 0 saturated carbocycles. The van der Waals surface area contributed by atoms with Crippen molar-refractivity contribution in [1.82, 2.24) is 0 Å². The molecule has 0 aliphatic rings. The maximum Gasteiger partial charge on any atom is 0.417 e. The number of aliphatic hydroxyl groups excluding tert-OH is 2. The fraction of sp³-hybridized carbons (Fsp3) is 0.240. The Labute approximate surface area is 186 Å². The molecule has 1 heterocycles. The van der Waals surface area contributed by atoms with Crippen molar-refractivity contribution in [3.8, 4) is 11.1 Å². The van der Waals surface area contributed by atoms with E-state index in [2.05, 4.69) is 0 Å². The lowest BCUT2D eigenvalue weighted by Crippen LogP contribution is -2.47. The van der Waals surface area contributed by atoms with Gasteiger partial charge in [0.1, 0.15) is 11.2 Å². The van der Waals surface area contributed by atoms with Crippen LogP contribution < -0.4 is 11.2 Å². The summed E-state index contributed by atoms with van der Waals surface area (Å²) in [6.07, 6.45) is -4.60. The minimum Gasteiger partial charge on any atom is -0.456 e. The van der Waals surface area contributed by atoms with Crippen LogP contribution in [0.4, 0.5) is 13.2 Å². The number of alkyl halides is 3. The minimum atomic E-state index is -4.68. The number of benzene rings is 3. The summed E-state index contributed by atoms with van der Waals surface area (Å²) in [4.78, 5) is 13.3. The summed E-state index contributed by atoms with van der Waals surface area (Å²) in [6.45, 7) is -1.05. The molecule has 0 radical (unpaired) electrons. The molecule has 0 aliphatic carbocycles. The average molecular weight is 457 g/mol. The van der Waals surface area contributed by atoms with Crippen molar-refractivity contribution in [2.75, 3.05) is 13.2 Å². The van der Waals surface area contributed by atoms with Crippen LogP contribution in [0, 0.1) is 0 Å². The molecule has 3 aromatic carbocycles. The molecule has 0 saturated heterocycles. The second-order valence-corrected chi connectivity index (χ2v) is 8.12. The van der Waals surface area contributed by atoms with E-state index in [0.29, 0.717) is 11.1 Å². The third-order valence-electron chi connectivity index (χ3n) is 5.85. The number of aryl methyl sites for hydroxylation is 1. The zero-order valence-corrected chi connectivity index (χ0v) is 17.5. The number of aliphatic hydroxyl groups is 2. The summed E-state index contributed by atoms with van der Waals surface area (Å²) < 4.78 is 48.0. The fourth-order valence-electron chi connectivity index (χ4n) is 4.01. The highest BCUT2D eigenvalue weighted by Gasteiger charge is 2.35. The molecule has 5 nitrogen and oxygen atoms in total. The van der Waals surface area contributed by atoms with Crippen molar-refractivity contribution in [3.05, 3.63) is 82.0 Å². The SMILES string of the molecule is NC(CO)(CO)CCc1cccc(C(F)(F)F)c1-c1cccc2oc3ccccc3c(=O)c12. The topological polar surface area (TPSA) is 96.7 Å². The van der Waals surface area contributed by atoms with Gasteiger partial charge in [0.15, 0.2) is 0 Å². The molecule has 0 amide bonds. The van der Waals surface area contributed by atoms with E-state index in [1.54, 1.807) is 36.4 Å². The van der Waals surface area contributed by atoms with Gasteiger partial charge >= 0.3 is 6.18 Å². The van der Waals surface area contributed by atoms with Gasteiger partial charge in [0.05, 0.1) is 35.1 Å². The van der Waals surface area contributed by atoms with Gasteiger partial charge < -0.3 is 20.4 Å². The van der Waals surface area contributed by atoms with Crippen molar-refractivity contribution in [3.63, 3.8) is 0 Å². The van der Waals surface area contributed by atoms with Gasteiger partial charge in [0.25, 0.3) is 0 Å². The molecular formula is C25H22F3NO4. The van der Waals surface area contributed by atoms with Crippen LogP contribution in [0.5, 0.6) is 0 Å². The number of rotatable bonds is 6. The first-order valence-corrected chi connectivity index (χ1v) is 10.3. The maximum atomic E-state index is 14.1. The maximum absolute atomic E-state index is 14.1. The molecule has 0 bridgehead atoms. The average Bonchev–Trinajstić information content (AvgIpc) is 2.81. The second kappa shape index (κ2) is 8.62. The van der Waals surface area contributed by atoms with Gasteiger partial charge in [-0.1, -0.05) is 36.4 Å². The normalized spacial score (nSPS) is 12.5. The predicted octanol–water partition coefficient (Wildman–Crippen LogP) is 4.25. The molecule has 0 unspecified atom stereocenters. The molecule has 4 rings (SSSR count). The second-order valence-electron chi connectivity index (χ2n) is 8.12. The van der Waals surface area contributed by atoms with Crippen LogP contribution in [-0.2, 0) is 12.6 Å². The molecule has 4 N–H and O–H groups in total. The molecule has 0 fully saturated rings. The number of nitrogens with two attached hydrogens (primary N) is 1. The van der Waals surface area contributed by atoms with Gasteiger partial charge in [0, 0.05) is 0 Å². The third kappa shape index (κ3) is 4.25. The van der Waals surface area contributed by atoms with Crippen molar-refractivity contribution in [2.45, 2.75) is 24.6 Å².